The molecule has 0 spiro atoms. The van der Waals surface area contributed by atoms with Gasteiger partial charge in [0.05, 0.1) is 18.7 Å². The van der Waals surface area contributed by atoms with Gasteiger partial charge in [0.25, 0.3) is 0 Å². The van der Waals surface area contributed by atoms with E-state index in [1.165, 1.54) is 13.2 Å². The van der Waals surface area contributed by atoms with Gasteiger partial charge in [0.1, 0.15) is 0 Å². The van der Waals surface area contributed by atoms with Crippen LogP contribution in [-0.4, -0.2) is 47.9 Å². The molecule has 1 aliphatic heterocycles. The molecule has 0 amide bonds. The number of nitrogens with zero attached hydrogens (tertiary/aromatic N) is 2. The van der Waals surface area contributed by atoms with Crippen LogP contribution >= 0.6 is 0 Å². The molecule has 2 atom stereocenters. The van der Waals surface area contributed by atoms with Crippen LogP contribution < -0.4 is 4.74 Å². The molecule has 0 unspecified atom stereocenters. The van der Waals surface area contributed by atoms with E-state index in [1.54, 1.807) is 6.07 Å². The molecule has 2 aromatic rings. The Morgan fingerprint density at radius 1 is 1.44 bits per heavy atom. The number of likely N-dealkylation sites (tertiary alicyclic amines) is 1. The molecule has 1 aliphatic carbocycles. The third kappa shape index (κ3) is 2.97. The molecule has 7 heteroatoms. The van der Waals surface area contributed by atoms with Gasteiger partial charge in [-0.2, -0.15) is 0 Å². The van der Waals surface area contributed by atoms with Crippen molar-refractivity contribution in [3.05, 3.63) is 23.6 Å². The van der Waals surface area contributed by atoms with Crippen LogP contribution in [0.4, 0.5) is 4.39 Å². The van der Waals surface area contributed by atoms with Crippen LogP contribution in [0.5, 0.6) is 5.75 Å². The predicted octanol–water partition coefficient (Wildman–Crippen LogP) is 2.88. The SMILES string of the molecule is COc1c(F)ccc2c(C3CCN(C[C@@H]4C[C@H]4C(=O)O)CC3)noc12. The highest BCUT2D eigenvalue weighted by Crippen LogP contribution is 2.41. The molecule has 0 bridgehead atoms. The van der Waals surface area contributed by atoms with E-state index in [0.717, 1.165) is 50.0 Å². The fraction of sp³-hybridized carbons (Fsp3) is 0.556. The van der Waals surface area contributed by atoms with Gasteiger partial charge >= 0.3 is 5.97 Å². The Balaban J connectivity index is 1.43. The maximum atomic E-state index is 13.8. The third-order valence-corrected chi connectivity index (χ3v) is 5.49. The lowest BCUT2D eigenvalue weighted by Gasteiger charge is -2.31. The lowest BCUT2D eigenvalue weighted by molar-refractivity contribution is -0.138. The molecule has 25 heavy (non-hydrogen) atoms. The third-order valence-electron chi connectivity index (χ3n) is 5.49. The van der Waals surface area contributed by atoms with E-state index in [2.05, 4.69) is 10.1 Å². The second-order valence-corrected chi connectivity index (χ2v) is 7.04. The molecule has 2 aliphatic rings. The summed E-state index contributed by atoms with van der Waals surface area (Å²) in [4.78, 5) is 13.3. The van der Waals surface area contributed by atoms with Crippen molar-refractivity contribution in [3.8, 4) is 5.75 Å². The summed E-state index contributed by atoms with van der Waals surface area (Å²) in [5, 5.41) is 14.0. The molecular weight excluding hydrogens is 327 g/mol. The Morgan fingerprint density at radius 2 is 2.20 bits per heavy atom. The van der Waals surface area contributed by atoms with E-state index in [-0.39, 0.29) is 17.6 Å². The van der Waals surface area contributed by atoms with Gasteiger partial charge in [0.2, 0.25) is 11.3 Å². The van der Waals surface area contributed by atoms with Gasteiger partial charge < -0.3 is 19.3 Å². The number of rotatable bonds is 5. The van der Waals surface area contributed by atoms with Crippen LogP contribution in [0.15, 0.2) is 16.7 Å². The number of ether oxygens (including phenoxy) is 1. The highest BCUT2D eigenvalue weighted by molar-refractivity contribution is 5.85. The largest absolute Gasteiger partial charge is 0.490 e. The van der Waals surface area contributed by atoms with Crippen molar-refractivity contribution in [2.45, 2.75) is 25.2 Å². The van der Waals surface area contributed by atoms with Crippen LogP contribution in [0.1, 0.15) is 30.9 Å². The number of aliphatic carboxylic acids is 1. The van der Waals surface area contributed by atoms with Crippen LogP contribution in [0.25, 0.3) is 11.0 Å². The maximum absolute atomic E-state index is 13.8. The molecule has 1 N–H and O–H groups in total. The summed E-state index contributed by atoms with van der Waals surface area (Å²) in [5.41, 5.74) is 1.23. The fourth-order valence-electron chi connectivity index (χ4n) is 3.93. The zero-order chi connectivity index (χ0) is 17.6. The second kappa shape index (κ2) is 6.29. The van der Waals surface area contributed by atoms with E-state index in [9.17, 15) is 9.18 Å². The highest BCUT2D eigenvalue weighted by atomic mass is 19.1. The minimum absolute atomic E-state index is 0.0992. The summed E-state index contributed by atoms with van der Waals surface area (Å²) in [5.74, 6) is -0.613. The summed E-state index contributed by atoms with van der Waals surface area (Å²) < 4.78 is 24.2. The van der Waals surface area contributed by atoms with E-state index < -0.39 is 11.8 Å². The van der Waals surface area contributed by atoms with Gasteiger partial charge in [-0.3, -0.25) is 4.79 Å². The molecule has 0 radical (unpaired) electrons. The standard InChI is InChI=1S/C18H21FN2O4/c1-24-17-14(19)3-2-12-15(20-25-16(12)17)10-4-6-21(7-5-10)9-11-8-13(11)18(22)23/h2-3,10-11,13H,4-9H2,1H3,(H,22,23)/t11-,13+/m0/s1. The first-order chi connectivity index (χ1) is 12.1. The van der Waals surface area contributed by atoms with Crippen molar-refractivity contribution < 1.29 is 23.6 Å². The molecule has 6 nitrogen and oxygen atoms in total. The molecule has 2 heterocycles. The maximum Gasteiger partial charge on any atom is 0.306 e. The number of benzene rings is 1. The molecule has 1 aromatic carbocycles. The molecule has 2 fully saturated rings. The van der Waals surface area contributed by atoms with Crippen LogP contribution in [-0.2, 0) is 4.79 Å². The van der Waals surface area contributed by atoms with Crippen LogP contribution in [0, 0.1) is 17.7 Å². The summed E-state index contributed by atoms with van der Waals surface area (Å²) in [6.07, 6.45) is 2.67. The number of carboxylic acids is 1. The van der Waals surface area contributed by atoms with Crippen molar-refractivity contribution in [2.75, 3.05) is 26.7 Å². The summed E-state index contributed by atoms with van der Waals surface area (Å²) in [6.45, 7) is 2.70. The summed E-state index contributed by atoms with van der Waals surface area (Å²) >= 11 is 0. The van der Waals surface area contributed by atoms with Crippen LogP contribution in [0.3, 0.4) is 0 Å². The average Bonchev–Trinajstić information content (AvgIpc) is 3.25. The molecule has 1 saturated carbocycles. The number of fused-ring (bicyclic) bond motifs is 1. The molecule has 1 saturated heterocycles. The highest BCUT2D eigenvalue weighted by Gasteiger charge is 2.44. The first kappa shape index (κ1) is 16.3. The van der Waals surface area contributed by atoms with Gasteiger partial charge in [0.15, 0.2) is 5.82 Å². The lowest BCUT2D eigenvalue weighted by Crippen LogP contribution is -2.35. The topological polar surface area (TPSA) is 75.8 Å². The van der Waals surface area contributed by atoms with Crippen molar-refractivity contribution >= 4 is 16.9 Å². The Labute approximate surface area is 144 Å². The zero-order valence-corrected chi connectivity index (χ0v) is 14.1. The van der Waals surface area contributed by atoms with Crippen molar-refractivity contribution in [1.82, 2.24) is 10.1 Å². The molecule has 4 rings (SSSR count). The number of methoxy groups -OCH3 is 1. The minimum Gasteiger partial charge on any atom is -0.490 e. The van der Waals surface area contributed by atoms with Crippen molar-refractivity contribution in [2.24, 2.45) is 11.8 Å². The number of hydrogen-bond acceptors (Lipinski definition) is 5. The second-order valence-electron chi connectivity index (χ2n) is 7.04. The first-order valence-corrected chi connectivity index (χ1v) is 8.65. The fourth-order valence-corrected chi connectivity index (χ4v) is 3.93. The quantitative estimate of drug-likeness (QED) is 0.895. The normalized spacial score (nSPS) is 24.6. The number of hydrogen-bond donors (Lipinski definition) is 1. The van der Waals surface area contributed by atoms with E-state index in [1.807, 2.05) is 0 Å². The Hall–Kier alpha value is -2.15. The monoisotopic (exact) mass is 348 g/mol. The Kier molecular flexibility index (Phi) is 4.11. The van der Waals surface area contributed by atoms with Crippen molar-refractivity contribution in [3.63, 3.8) is 0 Å². The Bertz CT molecular complexity index is 798. The number of carboxylic acid groups (broad SMARTS) is 1. The number of halogens is 1. The van der Waals surface area contributed by atoms with Gasteiger partial charge in [-0.1, -0.05) is 5.16 Å². The zero-order valence-electron chi connectivity index (χ0n) is 14.1. The number of carbonyl (C=O) groups is 1. The van der Waals surface area contributed by atoms with Crippen LogP contribution in [0.2, 0.25) is 0 Å². The molecular formula is C18H21FN2O4. The van der Waals surface area contributed by atoms with Gasteiger partial charge in [0, 0.05) is 17.8 Å². The smallest absolute Gasteiger partial charge is 0.306 e. The number of aromatic nitrogens is 1. The molecule has 1 aromatic heterocycles. The summed E-state index contributed by atoms with van der Waals surface area (Å²) in [6, 6.07) is 3.09. The van der Waals surface area contributed by atoms with Gasteiger partial charge in [-0.05, 0) is 50.4 Å². The first-order valence-electron chi connectivity index (χ1n) is 8.65. The Morgan fingerprint density at radius 3 is 2.84 bits per heavy atom. The molecule has 134 valence electrons. The summed E-state index contributed by atoms with van der Waals surface area (Å²) in [7, 11) is 1.42. The number of piperidine rings is 1. The van der Waals surface area contributed by atoms with E-state index >= 15 is 0 Å². The average molecular weight is 348 g/mol. The minimum atomic E-state index is -0.671. The van der Waals surface area contributed by atoms with E-state index in [0.29, 0.717) is 11.5 Å². The predicted molar refractivity (Wildman–Crippen MR) is 88.2 cm³/mol. The van der Waals surface area contributed by atoms with E-state index in [4.69, 9.17) is 14.4 Å². The van der Waals surface area contributed by atoms with Gasteiger partial charge in [-0.25, -0.2) is 4.39 Å². The van der Waals surface area contributed by atoms with Gasteiger partial charge in [-0.15, -0.1) is 0 Å². The van der Waals surface area contributed by atoms with Crippen molar-refractivity contribution in [1.29, 1.82) is 0 Å². The lowest BCUT2D eigenvalue weighted by atomic mass is 9.91.